The smallest absolute Gasteiger partial charge is 0.253 e. The summed E-state index contributed by atoms with van der Waals surface area (Å²) in [4.78, 5) is 148. The van der Waals surface area contributed by atoms with Crippen molar-refractivity contribution < 1.29 is 57.5 Å². The molecule has 0 aliphatic carbocycles. The lowest BCUT2D eigenvalue weighted by Crippen LogP contribution is -2.55. The number of amides is 12. The van der Waals surface area contributed by atoms with E-state index < -0.39 is 107 Å². The fourth-order valence-corrected chi connectivity index (χ4v) is 4.97. The van der Waals surface area contributed by atoms with Crippen LogP contribution in [-0.4, -0.2) is 143 Å². The Morgan fingerprint density at radius 3 is 0.947 bits per heavy atom. The Morgan fingerprint density at radius 2 is 0.667 bits per heavy atom. The summed E-state index contributed by atoms with van der Waals surface area (Å²) in [5, 5.41) is 19.6. The van der Waals surface area contributed by atoms with Crippen LogP contribution in [-0.2, 0) is 57.5 Å². The fourth-order valence-electron chi connectivity index (χ4n) is 4.97. The predicted octanol–water partition coefficient (Wildman–Crippen LogP) is -4.73. The Labute approximate surface area is 328 Å². The minimum atomic E-state index is -1.09. The van der Waals surface area contributed by atoms with Gasteiger partial charge in [0, 0.05) is 63.3 Å². The highest BCUT2D eigenvalue weighted by atomic mass is 16.2. The highest BCUT2D eigenvalue weighted by Gasteiger charge is 2.28. The highest BCUT2D eigenvalue weighted by Crippen LogP contribution is 2.03. The second-order valence-corrected chi connectivity index (χ2v) is 13.3. The van der Waals surface area contributed by atoms with Gasteiger partial charge in [0.2, 0.25) is 47.3 Å². The first-order valence-corrected chi connectivity index (χ1v) is 18.1. The van der Waals surface area contributed by atoms with Crippen LogP contribution in [0.1, 0.15) is 60.8 Å². The molecule has 57 heavy (non-hydrogen) atoms. The minimum absolute atomic E-state index is 0.0345. The molecule has 0 radical (unpaired) electrons. The number of carbonyl (C=O) groups is 12. The van der Waals surface area contributed by atoms with E-state index in [1.165, 1.54) is 41.5 Å². The molecule has 8 N–H and O–H groups in total. The number of carbonyl (C=O) groups excluding carboxylic acids is 12. The molecule has 0 saturated carbocycles. The zero-order chi connectivity index (χ0) is 43.0. The molecule has 2 aliphatic rings. The summed E-state index contributed by atoms with van der Waals surface area (Å²) < 4.78 is 0. The molecule has 0 bridgehead atoms. The summed E-state index contributed by atoms with van der Waals surface area (Å²) in [5.41, 5.74) is 0. The molecule has 312 valence electrons. The van der Waals surface area contributed by atoms with Crippen LogP contribution in [0.2, 0.25) is 0 Å². The Hall–Kier alpha value is -6.48. The van der Waals surface area contributed by atoms with E-state index in [1.807, 2.05) is 0 Å². The first-order valence-electron chi connectivity index (χ1n) is 18.1. The second-order valence-electron chi connectivity index (χ2n) is 13.3. The number of nitrogens with one attached hydrogen (secondary N) is 8. The van der Waals surface area contributed by atoms with Crippen LogP contribution in [0.15, 0.2) is 24.3 Å². The maximum absolute atomic E-state index is 12.6. The summed E-state index contributed by atoms with van der Waals surface area (Å²) in [5.74, 6) is -7.06. The molecule has 12 amide bonds. The van der Waals surface area contributed by atoms with E-state index in [0.29, 0.717) is 0 Å². The summed E-state index contributed by atoms with van der Waals surface area (Å²) in [7, 11) is 0. The van der Waals surface area contributed by atoms with E-state index in [9.17, 15) is 57.5 Å². The Bertz CT molecular complexity index is 1540. The SMILES string of the molecule is CC(NC(=O)CCCC(=O)NC(C)C(=O)NC(C)C(=O)NC(C)C(=O)NCCN1C(=O)C=CC1=O)C(=O)NC(C)C(=O)NC(C)C(=O)NCCN1C(=O)C=CC1=O. The molecule has 0 spiro atoms. The molecule has 22 heteroatoms. The van der Waals surface area contributed by atoms with Gasteiger partial charge in [-0.2, -0.15) is 0 Å². The van der Waals surface area contributed by atoms with Crippen molar-refractivity contribution in [2.24, 2.45) is 0 Å². The van der Waals surface area contributed by atoms with Crippen molar-refractivity contribution >= 4 is 70.9 Å². The first-order chi connectivity index (χ1) is 26.7. The molecule has 2 heterocycles. The van der Waals surface area contributed by atoms with Crippen LogP contribution >= 0.6 is 0 Å². The lowest BCUT2D eigenvalue weighted by molar-refractivity contribution is -0.138. The Balaban J connectivity index is 1.62. The molecular weight excluding hydrogens is 752 g/mol. The second kappa shape index (κ2) is 22.2. The van der Waals surface area contributed by atoms with Gasteiger partial charge in [-0.15, -0.1) is 0 Å². The predicted molar refractivity (Wildman–Crippen MR) is 197 cm³/mol. The van der Waals surface area contributed by atoms with E-state index in [0.717, 1.165) is 34.1 Å². The molecule has 2 rings (SSSR count). The topological polar surface area (TPSA) is 308 Å². The molecule has 6 atom stereocenters. The number of nitrogens with zero attached hydrogens (tertiary/aromatic N) is 2. The third kappa shape index (κ3) is 15.3. The van der Waals surface area contributed by atoms with E-state index >= 15 is 0 Å². The summed E-state index contributed by atoms with van der Waals surface area (Å²) in [6.07, 6.45) is 4.22. The molecule has 2 aliphatic heterocycles. The van der Waals surface area contributed by atoms with Crippen LogP contribution in [0.25, 0.3) is 0 Å². The van der Waals surface area contributed by atoms with Gasteiger partial charge in [-0.1, -0.05) is 0 Å². The molecule has 6 unspecified atom stereocenters. The summed E-state index contributed by atoms with van der Waals surface area (Å²) in [6, 6.07) is -6.35. The first kappa shape index (κ1) is 46.7. The average molecular weight is 803 g/mol. The Kier molecular flexibility index (Phi) is 18.2. The van der Waals surface area contributed by atoms with Crippen molar-refractivity contribution in [3.63, 3.8) is 0 Å². The summed E-state index contributed by atoms with van der Waals surface area (Å²) in [6.45, 7) is 8.14. The van der Waals surface area contributed by atoms with Crippen molar-refractivity contribution in [3.05, 3.63) is 24.3 Å². The van der Waals surface area contributed by atoms with Crippen LogP contribution in [0.3, 0.4) is 0 Å². The number of imide groups is 2. The third-order valence-corrected chi connectivity index (χ3v) is 8.43. The van der Waals surface area contributed by atoms with Gasteiger partial charge in [0.05, 0.1) is 0 Å². The van der Waals surface area contributed by atoms with Crippen LogP contribution in [0.4, 0.5) is 0 Å². The van der Waals surface area contributed by atoms with Gasteiger partial charge < -0.3 is 42.5 Å². The van der Waals surface area contributed by atoms with Gasteiger partial charge in [0.15, 0.2) is 0 Å². The van der Waals surface area contributed by atoms with Crippen LogP contribution in [0, 0.1) is 0 Å². The van der Waals surface area contributed by atoms with Crippen LogP contribution in [0.5, 0.6) is 0 Å². The average Bonchev–Trinajstić information content (AvgIpc) is 3.64. The maximum atomic E-state index is 12.6. The van der Waals surface area contributed by atoms with Gasteiger partial charge in [-0.3, -0.25) is 67.3 Å². The monoisotopic (exact) mass is 802 g/mol. The minimum Gasteiger partial charge on any atom is -0.353 e. The van der Waals surface area contributed by atoms with E-state index in [2.05, 4.69) is 42.5 Å². The lowest BCUT2D eigenvalue weighted by Gasteiger charge is -2.21. The van der Waals surface area contributed by atoms with Gasteiger partial charge in [0.25, 0.3) is 23.6 Å². The molecule has 22 nitrogen and oxygen atoms in total. The standard InChI is InChI=1S/C35H50N10O12/c1-18(30(52)36-14-16-44-26(48)10-11-27(44)49)40-34(56)22(5)42-32(54)20(3)38-24(46)8-7-9-25(47)39-21(4)33(55)43-23(6)35(57)41-19(2)31(53)37-15-17-45-28(50)12-13-29(45)51/h10-13,18-23H,7-9,14-17H2,1-6H3,(H,36,52)(H,37,53)(H,38,46)(H,39,47)(H,40,56)(H,41,57)(H,42,54)(H,43,55). The zero-order valence-corrected chi connectivity index (χ0v) is 32.5. The molecule has 0 aromatic carbocycles. The third-order valence-electron chi connectivity index (χ3n) is 8.43. The highest BCUT2D eigenvalue weighted by molar-refractivity contribution is 6.13. The molecular formula is C35H50N10O12. The molecule has 0 fully saturated rings. The van der Waals surface area contributed by atoms with E-state index in [4.69, 9.17) is 0 Å². The quantitative estimate of drug-likeness (QED) is 0.0479. The molecule has 0 aromatic heterocycles. The summed E-state index contributed by atoms with van der Waals surface area (Å²) >= 11 is 0. The van der Waals surface area contributed by atoms with Crippen molar-refractivity contribution in [2.75, 3.05) is 26.2 Å². The Morgan fingerprint density at radius 1 is 0.421 bits per heavy atom. The van der Waals surface area contributed by atoms with Crippen LogP contribution < -0.4 is 42.5 Å². The van der Waals surface area contributed by atoms with Crippen molar-refractivity contribution in [1.82, 2.24) is 52.3 Å². The van der Waals surface area contributed by atoms with Crippen molar-refractivity contribution in [3.8, 4) is 0 Å². The maximum Gasteiger partial charge on any atom is 0.253 e. The number of hydrogen-bond acceptors (Lipinski definition) is 12. The zero-order valence-electron chi connectivity index (χ0n) is 32.5. The molecule has 0 aromatic rings. The van der Waals surface area contributed by atoms with Gasteiger partial charge in [-0.25, -0.2) is 0 Å². The van der Waals surface area contributed by atoms with Gasteiger partial charge in [-0.05, 0) is 48.0 Å². The van der Waals surface area contributed by atoms with Gasteiger partial charge in [0.1, 0.15) is 36.3 Å². The van der Waals surface area contributed by atoms with Gasteiger partial charge >= 0.3 is 0 Å². The normalized spacial score (nSPS) is 16.5. The molecule has 0 saturated heterocycles. The lowest BCUT2D eigenvalue weighted by atomic mass is 10.2. The van der Waals surface area contributed by atoms with Crippen molar-refractivity contribution in [2.45, 2.75) is 97.1 Å². The number of rotatable bonds is 22. The van der Waals surface area contributed by atoms with Crippen molar-refractivity contribution in [1.29, 1.82) is 0 Å². The largest absolute Gasteiger partial charge is 0.353 e. The fraction of sp³-hybridized carbons (Fsp3) is 0.543. The van der Waals surface area contributed by atoms with E-state index in [-0.39, 0.29) is 45.4 Å². The number of hydrogen-bond donors (Lipinski definition) is 8. The van der Waals surface area contributed by atoms with E-state index in [1.54, 1.807) is 0 Å².